The standard InChI is InChI=1S/C16H23NO/c1-4-12-8-6-9-13(5-2)15(12)16(18)17(3)14-10-7-11-14/h6,8-9,14H,4-5,7,10-11H2,1-3H3. The van der Waals surface area contributed by atoms with Gasteiger partial charge in [0.1, 0.15) is 0 Å². The molecule has 18 heavy (non-hydrogen) atoms. The fraction of sp³-hybridized carbons (Fsp3) is 0.562. The summed E-state index contributed by atoms with van der Waals surface area (Å²) < 4.78 is 0. The molecule has 1 aromatic carbocycles. The minimum absolute atomic E-state index is 0.217. The average molecular weight is 245 g/mol. The number of amides is 1. The number of aryl methyl sites for hydroxylation is 2. The minimum atomic E-state index is 0.217. The summed E-state index contributed by atoms with van der Waals surface area (Å²) in [4.78, 5) is 14.6. The van der Waals surface area contributed by atoms with Crippen LogP contribution in [0.4, 0.5) is 0 Å². The normalized spacial score (nSPS) is 15.3. The van der Waals surface area contributed by atoms with Crippen LogP contribution in [0.2, 0.25) is 0 Å². The molecule has 0 bridgehead atoms. The largest absolute Gasteiger partial charge is 0.339 e. The smallest absolute Gasteiger partial charge is 0.254 e. The molecule has 0 radical (unpaired) electrons. The van der Waals surface area contributed by atoms with Gasteiger partial charge in [-0.1, -0.05) is 32.0 Å². The molecule has 0 aliphatic heterocycles. The molecule has 0 aromatic heterocycles. The average Bonchev–Trinajstić information content (AvgIpc) is 2.34. The van der Waals surface area contributed by atoms with E-state index in [0.29, 0.717) is 6.04 Å². The summed E-state index contributed by atoms with van der Waals surface area (Å²) in [6.45, 7) is 4.24. The Balaban J connectivity index is 2.32. The fourth-order valence-electron chi connectivity index (χ4n) is 2.63. The highest BCUT2D eigenvalue weighted by Crippen LogP contribution is 2.27. The number of nitrogens with zero attached hydrogens (tertiary/aromatic N) is 1. The van der Waals surface area contributed by atoms with Crippen LogP contribution in [0.1, 0.15) is 54.6 Å². The van der Waals surface area contributed by atoms with Gasteiger partial charge in [-0.15, -0.1) is 0 Å². The van der Waals surface area contributed by atoms with E-state index in [1.807, 2.05) is 11.9 Å². The molecule has 1 aromatic rings. The van der Waals surface area contributed by atoms with Gasteiger partial charge in [0.05, 0.1) is 0 Å². The fourth-order valence-corrected chi connectivity index (χ4v) is 2.63. The Morgan fingerprint density at radius 2 is 1.78 bits per heavy atom. The maximum Gasteiger partial charge on any atom is 0.254 e. The molecule has 1 aliphatic carbocycles. The summed E-state index contributed by atoms with van der Waals surface area (Å²) in [6.07, 6.45) is 5.44. The molecule has 1 saturated carbocycles. The Morgan fingerprint density at radius 1 is 1.22 bits per heavy atom. The molecular formula is C16H23NO. The lowest BCUT2D eigenvalue weighted by atomic mass is 9.90. The van der Waals surface area contributed by atoms with Crippen LogP contribution in [0.5, 0.6) is 0 Å². The van der Waals surface area contributed by atoms with Crippen LogP contribution >= 0.6 is 0 Å². The van der Waals surface area contributed by atoms with E-state index in [4.69, 9.17) is 0 Å². The topological polar surface area (TPSA) is 20.3 Å². The van der Waals surface area contributed by atoms with E-state index < -0.39 is 0 Å². The molecule has 0 atom stereocenters. The molecule has 0 N–H and O–H groups in total. The predicted molar refractivity (Wildman–Crippen MR) is 74.9 cm³/mol. The van der Waals surface area contributed by atoms with Crippen molar-refractivity contribution in [2.75, 3.05) is 7.05 Å². The van der Waals surface area contributed by atoms with E-state index in [9.17, 15) is 4.79 Å². The third-order valence-electron chi connectivity index (χ3n) is 4.16. The number of benzene rings is 1. The van der Waals surface area contributed by atoms with Gasteiger partial charge >= 0.3 is 0 Å². The first-order valence-corrected chi connectivity index (χ1v) is 7.06. The Hall–Kier alpha value is -1.31. The predicted octanol–water partition coefficient (Wildman–Crippen LogP) is 3.44. The molecule has 1 aliphatic rings. The molecule has 0 heterocycles. The molecule has 0 unspecified atom stereocenters. The van der Waals surface area contributed by atoms with Gasteiger partial charge in [-0.25, -0.2) is 0 Å². The lowest BCUT2D eigenvalue weighted by molar-refractivity contribution is 0.0650. The summed E-state index contributed by atoms with van der Waals surface area (Å²) in [5.41, 5.74) is 3.33. The number of carbonyl (C=O) groups excluding carboxylic acids is 1. The number of rotatable bonds is 4. The van der Waals surface area contributed by atoms with Gasteiger partial charge in [-0.05, 0) is 43.2 Å². The summed E-state index contributed by atoms with van der Waals surface area (Å²) >= 11 is 0. The molecule has 0 spiro atoms. The molecule has 2 heteroatoms. The maximum absolute atomic E-state index is 12.7. The zero-order valence-electron chi connectivity index (χ0n) is 11.7. The summed E-state index contributed by atoms with van der Waals surface area (Å²) in [5, 5.41) is 0. The van der Waals surface area contributed by atoms with Crippen LogP contribution in [0.15, 0.2) is 18.2 Å². The number of hydrogen-bond donors (Lipinski definition) is 0. The Bertz CT molecular complexity index is 412. The lowest BCUT2D eigenvalue weighted by Gasteiger charge is -2.35. The van der Waals surface area contributed by atoms with E-state index in [-0.39, 0.29) is 5.91 Å². The van der Waals surface area contributed by atoms with Crippen LogP contribution in [0.25, 0.3) is 0 Å². The van der Waals surface area contributed by atoms with Crippen molar-refractivity contribution in [3.8, 4) is 0 Å². The van der Waals surface area contributed by atoms with Gasteiger partial charge in [0.25, 0.3) is 5.91 Å². The second-order valence-corrected chi connectivity index (χ2v) is 5.16. The SMILES string of the molecule is CCc1cccc(CC)c1C(=O)N(C)C1CCC1. The van der Waals surface area contributed by atoms with E-state index >= 15 is 0 Å². The second kappa shape index (κ2) is 5.55. The van der Waals surface area contributed by atoms with Gasteiger partial charge in [0.15, 0.2) is 0 Å². The number of carbonyl (C=O) groups is 1. The summed E-state index contributed by atoms with van der Waals surface area (Å²) in [7, 11) is 1.96. The molecule has 2 nitrogen and oxygen atoms in total. The maximum atomic E-state index is 12.7. The van der Waals surface area contributed by atoms with Crippen LogP contribution in [-0.2, 0) is 12.8 Å². The Kier molecular flexibility index (Phi) is 4.05. The Morgan fingerprint density at radius 3 is 2.17 bits per heavy atom. The Labute approximate surface area is 110 Å². The highest BCUT2D eigenvalue weighted by molar-refractivity contribution is 5.97. The first-order chi connectivity index (χ1) is 8.69. The highest BCUT2D eigenvalue weighted by atomic mass is 16.2. The van der Waals surface area contributed by atoms with Gasteiger partial charge < -0.3 is 4.90 Å². The van der Waals surface area contributed by atoms with Crippen LogP contribution in [0.3, 0.4) is 0 Å². The van der Waals surface area contributed by atoms with Crippen molar-refractivity contribution in [1.29, 1.82) is 0 Å². The quantitative estimate of drug-likeness (QED) is 0.795. The van der Waals surface area contributed by atoms with Crippen LogP contribution in [-0.4, -0.2) is 23.9 Å². The van der Waals surface area contributed by atoms with Gasteiger partial charge in [-0.3, -0.25) is 4.79 Å². The van der Waals surface area contributed by atoms with Gasteiger partial charge in [0, 0.05) is 18.7 Å². The second-order valence-electron chi connectivity index (χ2n) is 5.16. The van der Waals surface area contributed by atoms with Crippen LogP contribution < -0.4 is 0 Å². The van der Waals surface area contributed by atoms with E-state index in [1.54, 1.807) is 0 Å². The van der Waals surface area contributed by atoms with Gasteiger partial charge in [-0.2, -0.15) is 0 Å². The highest BCUT2D eigenvalue weighted by Gasteiger charge is 2.28. The van der Waals surface area contributed by atoms with Crippen molar-refractivity contribution in [3.63, 3.8) is 0 Å². The zero-order chi connectivity index (χ0) is 13.1. The third-order valence-corrected chi connectivity index (χ3v) is 4.16. The van der Waals surface area contributed by atoms with Crippen molar-refractivity contribution in [2.24, 2.45) is 0 Å². The van der Waals surface area contributed by atoms with Gasteiger partial charge in [0.2, 0.25) is 0 Å². The minimum Gasteiger partial charge on any atom is -0.339 e. The molecule has 0 saturated heterocycles. The first kappa shape index (κ1) is 13.1. The van der Waals surface area contributed by atoms with E-state index in [0.717, 1.165) is 31.2 Å². The number of hydrogen-bond acceptors (Lipinski definition) is 1. The first-order valence-electron chi connectivity index (χ1n) is 7.06. The molecule has 1 amide bonds. The lowest BCUT2D eigenvalue weighted by Crippen LogP contribution is -2.41. The zero-order valence-corrected chi connectivity index (χ0v) is 11.7. The van der Waals surface area contributed by atoms with Crippen LogP contribution in [0, 0.1) is 0 Å². The monoisotopic (exact) mass is 245 g/mol. The van der Waals surface area contributed by atoms with Crippen molar-refractivity contribution >= 4 is 5.91 Å². The molecule has 1 fully saturated rings. The molecule has 98 valence electrons. The van der Waals surface area contributed by atoms with Crippen molar-refractivity contribution in [3.05, 3.63) is 34.9 Å². The summed E-state index contributed by atoms with van der Waals surface area (Å²) in [5.74, 6) is 0.217. The van der Waals surface area contributed by atoms with Crippen molar-refractivity contribution in [1.82, 2.24) is 4.90 Å². The molecule has 2 rings (SSSR count). The van der Waals surface area contributed by atoms with Crippen molar-refractivity contribution in [2.45, 2.75) is 52.0 Å². The van der Waals surface area contributed by atoms with Crippen molar-refractivity contribution < 1.29 is 4.79 Å². The van der Waals surface area contributed by atoms with E-state index in [1.165, 1.54) is 17.5 Å². The molecular weight excluding hydrogens is 222 g/mol. The van der Waals surface area contributed by atoms with E-state index in [2.05, 4.69) is 32.0 Å². The third kappa shape index (κ3) is 2.29. The summed E-state index contributed by atoms with van der Waals surface area (Å²) in [6, 6.07) is 6.70.